The van der Waals surface area contributed by atoms with Crippen LogP contribution in [0.5, 0.6) is 17.2 Å². The molecule has 0 saturated carbocycles. The van der Waals surface area contributed by atoms with E-state index in [4.69, 9.17) is 14.2 Å². The normalized spacial score (nSPS) is 15.9. The summed E-state index contributed by atoms with van der Waals surface area (Å²) in [6, 6.07) is 8.31. The van der Waals surface area contributed by atoms with Gasteiger partial charge >= 0.3 is 0 Å². The molecule has 0 amide bonds. The molecule has 0 saturated heterocycles. The molecule has 6 nitrogen and oxygen atoms in total. The van der Waals surface area contributed by atoms with Crippen molar-refractivity contribution in [2.45, 2.75) is 31.3 Å². The minimum absolute atomic E-state index is 0.0339. The van der Waals surface area contributed by atoms with Crippen LogP contribution in [-0.4, -0.2) is 28.2 Å². The summed E-state index contributed by atoms with van der Waals surface area (Å²) in [7, 11) is -2.46. The molecule has 8 heteroatoms. The fourth-order valence-electron chi connectivity index (χ4n) is 2.85. The van der Waals surface area contributed by atoms with Crippen LogP contribution in [-0.2, 0) is 16.4 Å². The molecule has 3 rings (SSSR count). The maximum Gasteiger partial charge on any atom is 0.265 e. The summed E-state index contributed by atoms with van der Waals surface area (Å²) in [6.45, 7) is 4.24. The fraction of sp³-hybridized carbons (Fsp3) is 0.333. The maximum absolute atomic E-state index is 12.9. The molecular formula is C18H20BrNO5S. The minimum Gasteiger partial charge on any atom is -0.495 e. The molecule has 1 aliphatic rings. The number of benzene rings is 2. The highest BCUT2D eigenvalue weighted by molar-refractivity contribution is 9.10. The molecular weight excluding hydrogens is 422 g/mol. The molecule has 0 aliphatic carbocycles. The van der Waals surface area contributed by atoms with Crippen LogP contribution in [0.1, 0.15) is 19.4 Å². The molecule has 2 aromatic carbocycles. The fourth-order valence-corrected chi connectivity index (χ4v) is 4.62. The summed E-state index contributed by atoms with van der Waals surface area (Å²) in [4.78, 5) is 0.0339. The van der Waals surface area contributed by atoms with Gasteiger partial charge in [0.05, 0.1) is 19.4 Å². The zero-order valence-electron chi connectivity index (χ0n) is 14.7. The Morgan fingerprint density at radius 2 is 2.04 bits per heavy atom. The first kappa shape index (κ1) is 18.8. The highest BCUT2D eigenvalue weighted by Gasteiger charge is 2.26. The summed E-state index contributed by atoms with van der Waals surface area (Å²) in [5.74, 6) is 1.39. The zero-order chi connectivity index (χ0) is 18.9. The van der Waals surface area contributed by atoms with Crippen molar-refractivity contribution in [1.29, 1.82) is 0 Å². The van der Waals surface area contributed by atoms with Gasteiger partial charge in [-0.1, -0.05) is 15.9 Å². The summed E-state index contributed by atoms with van der Waals surface area (Å²) < 4.78 is 45.7. The molecule has 0 bridgehead atoms. The van der Waals surface area contributed by atoms with Gasteiger partial charge in [0.25, 0.3) is 10.0 Å². The molecule has 2 aromatic rings. The van der Waals surface area contributed by atoms with Gasteiger partial charge in [0.15, 0.2) is 0 Å². The third-order valence-electron chi connectivity index (χ3n) is 3.96. The summed E-state index contributed by atoms with van der Waals surface area (Å²) in [5.41, 5.74) is 1.34. The maximum atomic E-state index is 12.9. The van der Waals surface area contributed by atoms with E-state index >= 15 is 0 Å². The number of fused-ring (bicyclic) bond motifs is 1. The van der Waals surface area contributed by atoms with Gasteiger partial charge in [-0.25, -0.2) is 8.42 Å². The lowest BCUT2D eigenvalue weighted by Crippen LogP contribution is -2.15. The van der Waals surface area contributed by atoms with Crippen LogP contribution >= 0.6 is 15.9 Å². The highest BCUT2D eigenvalue weighted by Crippen LogP contribution is 2.39. The Kier molecular flexibility index (Phi) is 5.34. The second-order valence-corrected chi connectivity index (χ2v) is 8.49. The summed E-state index contributed by atoms with van der Waals surface area (Å²) in [6.07, 6.45) is 0.818. The van der Waals surface area contributed by atoms with Gasteiger partial charge in [-0.2, -0.15) is 0 Å². The molecule has 0 spiro atoms. The molecule has 0 radical (unpaired) electrons. The molecule has 1 aliphatic heterocycles. The molecule has 0 unspecified atom stereocenters. The highest BCUT2D eigenvalue weighted by atomic mass is 79.9. The van der Waals surface area contributed by atoms with Crippen molar-refractivity contribution in [3.05, 3.63) is 40.4 Å². The van der Waals surface area contributed by atoms with Crippen molar-refractivity contribution in [3.63, 3.8) is 0 Å². The molecule has 1 heterocycles. The van der Waals surface area contributed by atoms with Crippen LogP contribution in [0, 0.1) is 0 Å². The van der Waals surface area contributed by atoms with Crippen molar-refractivity contribution in [2.75, 3.05) is 18.4 Å². The van der Waals surface area contributed by atoms with E-state index < -0.39 is 10.0 Å². The number of ether oxygens (including phenoxy) is 3. The zero-order valence-corrected chi connectivity index (χ0v) is 17.1. The van der Waals surface area contributed by atoms with Crippen LogP contribution in [0.4, 0.5) is 5.69 Å². The van der Waals surface area contributed by atoms with Gasteiger partial charge in [-0.3, -0.25) is 4.72 Å². The quantitative estimate of drug-likeness (QED) is 0.733. The van der Waals surface area contributed by atoms with E-state index in [1.165, 1.54) is 13.2 Å². The van der Waals surface area contributed by atoms with Crippen LogP contribution in [0.2, 0.25) is 0 Å². The number of sulfonamides is 1. The van der Waals surface area contributed by atoms with E-state index in [-0.39, 0.29) is 16.7 Å². The molecule has 0 fully saturated rings. The third-order valence-corrected chi connectivity index (χ3v) is 5.84. The smallest absolute Gasteiger partial charge is 0.265 e. The summed E-state index contributed by atoms with van der Waals surface area (Å²) in [5, 5.41) is 0. The van der Waals surface area contributed by atoms with Gasteiger partial charge in [0, 0.05) is 22.5 Å². The predicted octanol–water partition coefficient (Wildman–Crippen LogP) is 3.98. The largest absolute Gasteiger partial charge is 0.495 e. The van der Waals surface area contributed by atoms with Crippen molar-refractivity contribution >= 4 is 31.6 Å². The molecule has 1 atom stereocenters. The lowest BCUT2D eigenvalue weighted by atomic mass is 10.1. The average Bonchev–Trinajstić information content (AvgIpc) is 2.94. The average molecular weight is 442 g/mol. The number of hydrogen-bond donors (Lipinski definition) is 1. The topological polar surface area (TPSA) is 73.9 Å². The van der Waals surface area contributed by atoms with Crippen molar-refractivity contribution in [3.8, 4) is 17.2 Å². The Hall–Kier alpha value is -1.93. The van der Waals surface area contributed by atoms with Gasteiger partial charge in [-0.15, -0.1) is 0 Å². The van der Waals surface area contributed by atoms with Crippen LogP contribution in [0.15, 0.2) is 39.7 Å². The first-order valence-electron chi connectivity index (χ1n) is 8.16. The number of methoxy groups -OCH3 is 1. The molecule has 140 valence electrons. The number of nitrogens with one attached hydrogen (secondary N) is 1. The lowest BCUT2D eigenvalue weighted by molar-refractivity contribution is 0.254. The number of rotatable bonds is 6. The summed E-state index contributed by atoms with van der Waals surface area (Å²) >= 11 is 3.30. The van der Waals surface area contributed by atoms with Crippen LogP contribution in [0.25, 0.3) is 0 Å². The molecule has 26 heavy (non-hydrogen) atoms. The third kappa shape index (κ3) is 3.76. The Bertz CT molecular complexity index is 929. The van der Waals surface area contributed by atoms with E-state index in [1.807, 2.05) is 19.9 Å². The molecule has 0 aromatic heterocycles. The number of anilines is 1. The number of hydrogen-bond acceptors (Lipinski definition) is 5. The number of halogens is 1. The van der Waals surface area contributed by atoms with E-state index in [1.54, 1.807) is 18.2 Å². The van der Waals surface area contributed by atoms with Crippen molar-refractivity contribution in [1.82, 2.24) is 0 Å². The first-order valence-corrected chi connectivity index (χ1v) is 10.4. The predicted molar refractivity (Wildman–Crippen MR) is 103 cm³/mol. The van der Waals surface area contributed by atoms with E-state index in [0.29, 0.717) is 28.3 Å². The van der Waals surface area contributed by atoms with E-state index in [0.717, 1.165) is 12.0 Å². The Labute approximate surface area is 161 Å². The van der Waals surface area contributed by atoms with Gasteiger partial charge in [-0.05, 0) is 38.1 Å². The Morgan fingerprint density at radius 3 is 2.73 bits per heavy atom. The lowest BCUT2D eigenvalue weighted by Gasteiger charge is -2.16. The van der Waals surface area contributed by atoms with Gasteiger partial charge in [0.2, 0.25) is 0 Å². The second kappa shape index (κ2) is 7.36. The SMILES string of the molecule is CCOc1cc2c(cc1NS(=O)(=O)c1cc(Br)ccc1OC)O[C@H](C)C2. The van der Waals surface area contributed by atoms with E-state index in [9.17, 15) is 8.42 Å². The Balaban J connectivity index is 2.02. The van der Waals surface area contributed by atoms with Crippen LogP contribution in [0.3, 0.4) is 0 Å². The monoisotopic (exact) mass is 441 g/mol. The van der Waals surface area contributed by atoms with E-state index in [2.05, 4.69) is 20.7 Å². The van der Waals surface area contributed by atoms with Crippen molar-refractivity contribution in [2.24, 2.45) is 0 Å². The standard InChI is InChI=1S/C18H20BrNO5S/c1-4-24-17-8-12-7-11(2)25-16(12)10-14(17)20-26(21,22)18-9-13(19)5-6-15(18)23-3/h5-6,8-11,20H,4,7H2,1-3H3/t11-/m1/s1. The second-order valence-electron chi connectivity index (χ2n) is 5.92. The first-order chi connectivity index (χ1) is 12.3. The van der Waals surface area contributed by atoms with Crippen molar-refractivity contribution < 1.29 is 22.6 Å². The minimum atomic E-state index is -3.89. The van der Waals surface area contributed by atoms with Crippen LogP contribution < -0.4 is 18.9 Å². The van der Waals surface area contributed by atoms with Gasteiger partial charge in [0.1, 0.15) is 28.2 Å². The molecule has 1 N–H and O–H groups in total. The van der Waals surface area contributed by atoms with Gasteiger partial charge < -0.3 is 14.2 Å². The Morgan fingerprint density at radius 1 is 1.27 bits per heavy atom.